The molecule has 1 aromatic carbocycles. The highest BCUT2D eigenvalue weighted by molar-refractivity contribution is 6.31. The summed E-state index contributed by atoms with van der Waals surface area (Å²) in [5.41, 5.74) is 2.02. The monoisotopic (exact) mass is 246 g/mol. The summed E-state index contributed by atoms with van der Waals surface area (Å²) in [7, 11) is 0. The number of fused-ring (bicyclic) bond motifs is 1. The van der Waals surface area contributed by atoms with Gasteiger partial charge >= 0.3 is 0 Å². The van der Waals surface area contributed by atoms with E-state index in [2.05, 4.69) is 19.9 Å². The molecular weight excluding hydrogens is 240 g/mol. The zero-order chi connectivity index (χ0) is 11.8. The standard InChI is InChI=1S/C11H7ClN4O/c12-7-1-6(2-8(17)3-7)10-15-9-4-13-5-14-11(9)16-10/h1-5,17H,(H,13,14,15,16). The lowest BCUT2D eigenvalue weighted by Crippen LogP contribution is -1.80. The van der Waals surface area contributed by atoms with Crippen molar-refractivity contribution in [2.45, 2.75) is 0 Å². The number of phenols is 1. The smallest absolute Gasteiger partial charge is 0.181 e. The molecule has 0 spiro atoms. The minimum Gasteiger partial charge on any atom is -0.508 e. The number of aromatic amines is 1. The molecule has 0 unspecified atom stereocenters. The van der Waals surface area contributed by atoms with Crippen LogP contribution < -0.4 is 0 Å². The lowest BCUT2D eigenvalue weighted by Gasteiger charge is -1.99. The zero-order valence-electron chi connectivity index (χ0n) is 8.55. The highest BCUT2D eigenvalue weighted by atomic mass is 35.5. The topological polar surface area (TPSA) is 74.7 Å². The summed E-state index contributed by atoms with van der Waals surface area (Å²) in [6.07, 6.45) is 3.08. The van der Waals surface area contributed by atoms with Crippen LogP contribution >= 0.6 is 11.6 Å². The van der Waals surface area contributed by atoms with E-state index >= 15 is 0 Å². The molecule has 0 aliphatic heterocycles. The lowest BCUT2D eigenvalue weighted by atomic mass is 10.2. The van der Waals surface area contributed by atoms with Crippen LogP contribution in [0.15, 0.2) is 30.7 Å². The van der Waals surface area contributed by atoms with E-state index in [1.54, 1.807) is 18.3 Å². The van der Waals surface area contributed by atoms with Gasteiger partial charge in [0.1, 0.15) is 23.4 Å². The molecule has 6 heteroatoms. The maximum absolute atomic E-state index is 9.48. The van der Waals surface area contributed by atoms with Gasteiger partial charge in [-0.25, -0.2) is 15.0 Å². The summed E-state index contributed by atoms with van der Waals surface area (Å²) in [6, 6.07) is 4.76. The molecule has 2 heterocycles. The predicted octanol–water partition coefficient (Wildman–Crippen LogP) is 2.38. The summed E-state index contributed by atoms with van der Waals surface area (Å²) >= 11 is 5.87. The van der Waals surface area contributed by atoms with Crippen molar-refractivity contribution in [3.8, 4) is 17.1 Å². The van der Waals surface area contributed by atoms with E-state index in [1.807, 2.05) is 0 Å². The van der Waals surface area contributed by atoms with Crippen LogP contribution in [0.25, 0.3) is 22.6 Å². The molecule has 3 aromatic rings. The van der Waals surface area contributed by atoms with Crippen molar-refractivity contribution < 1.29 is 5.11 Å². The van der Waals surface area contributed by atoms with Crippen molar-refractivity contribution >= 4 is 22.8 Å². The summed E-state index contributed by atoms with van der Waals surface area (Å²) in [6.45, 7) is 0. The minimum absolute atomic E-state index is 0.0963. The molecule has 5 nitrogen and oxygen atoms in total. The van der Waals surface area contributed by atoms with E-state index in [1.165, 1.54) is 12.4 Å². The second kappa shape index (κ2) is 3.71. The Hall–Kier alpha value is -2.14. The first-order valence-corrected chi connectivity index (χ1v) is 5.26. The van der Waals surface area contributed by atoms with Crippen molar-refractivity contribution in [3.05, 3.63) is 35.7 Å². The molecule has 0 atom stereocenters. The predicted molar refractivity (Wildman–Crippen MR) is 63.8 cm³/mol. The SMILES string of the molecule is Oc1cc(Cl)cc(-c2nc3ncncc3[nH]2)c1. The number of H-pyrrole nitrogens is 1. The van der Waals surface area contributed by atoms with Gasteiger partial charge in [-0.05, 0) is 18.2 Å². The van der Waals surface area contributed by atoms with Gasteiger partial charge in [0, 0.05) is 10.6 Å². The van der Waals surface area contributed by atoms with Gasteiger partial charge in [-0.15, -0.1) is 0 Å². The number of nitrogens with one attached hydrogen (secondary N) is 1. The third-order valence-corrected chi connectivity index (χ3v) is 2.54. The Bertz CT molecular complexity index is 642. The Morgan fingerprint density at radius 3 is 2.88 bits per heavy atom. The number of benzene rings is 1. The van der Waals surface area contributed by atoms with E-state index in [0.29, 0.717) is 22.1 Å². The van der Waals surface area contributed by atoms with E-state index in [-0.39, 0.29) is 5.75 Å². The van der Waals surface area contributed by atoms with Crippen molar-refractivity contribution in [3.63, 3.8) is 0 Å². The van der Waals surface area contributed by atoms with Gasteiger partial charge in [-0.3, -0.25) is 0 Å². The van der Waals surface area contributed by atoms with Gasteiger partial charge in [0.25, 0.3) is 0 Å². The maximum atomic E-state index is 9.48. The number of phenolic OH excluding ortho intramolecular Hbond substituents is 1. The average molecular weight is 247 g/mol. The van der Waals surface area contributed by atoms with E-state index in [9.17, 15) is 5.11 Å². The molecule has 3 rings (SSSR count). The zero-order valence-corrected chi connectivity index (χ0v) is 9.31. The molecular formula is C11H7ClN4O. The van der Waals surface area contributed by atoms with Crippen LogP contribution in [-0.2, 0) is 0 Å². The number of rotatable bonds is 1. The Labute approximate surface area is 101 Å². The first kappa shape index (κ1) is 10.0. The van der Waals surface area contributed by atoms with Crippen LogP contribution in [0.1, 0.15) is 0 Å². The molecule has 0 saturated carbocycles. The maximum Gasteiger partial charge on any atom is 0.181 e. The highest BCUT2D eigenvalue weighted by Gasteiger charge is 2.07. The van der Waals surface area contributed by atoms with Gasteiger partial charge in [0.2, 0.25) is 0 Å². The molecule has 0 amide bonds. The number of aromatic nitrogens is 4. The van der Waals surface area contributed by atoms with Gasteiger partial charge in [-0.2, -0.15) is 0 Å². The fourth-order valence-electron chi connectivity index (χ4n) is 1.61. The number of hydrogen-bond acceptors (Lipinski definition) is 4. The van der Waals surface area contributed by atoms with Crippen LogP contribution in [0.4, 0.5) is 0 Å². The third-order valence-electron chi connectivity index (χ3n) is 2.32. The van der Waals surface area contributed by atoms with Gasteiger partial charge < -0.3 is 10.1 Å². The summed E-state index contributed by atoms with van der Waals surface area (Å²) < 4.78 is 0. The van der Waals surface area contributed by atoms with Crippen molar-refractivity contribution in [1.82, 2.24) is 19.9 Å². The van der Waals surface area contributed by atoms with E-state index in [4.69, 9.17) is 11.6 Å². The summed E-state index contributed by atoms with van der Waals surface area (Å²) in [5.74, 6) is 0.692. The molecule has 0 aliphatic carbocycles. The molecule has 2 aromatic heterocycles. The number of imidazole rings is 1. The lowest BCUT2D eigenvalue weighted by molar-refractivity contribution is 0.475. The Balaban J connectivity index is 2.20. The van der Waals surface area contributed by atoms with Crippen LogP contribution in [0, 0.1) is 0 Å². The second-order valence-electron chi connectivity index (χ2n) is 3.54. The normalized spacial score (nSPS) is 10.9. The molecule has 0 fully saturated rings. The molecule has 84 valence electrons. The molecule has 17 heavy (non-hydrogen) atoms. The van der Waals surface area contributed by atoms with Gasteiger partial charge in [0.15, 0.2) is 5.65 Å². The fourth-order valence-corrected chi connectivity index (χ4v) is 1.84. The van der Waals surface area contributed by atoms with Gasteiger partial charge in [-0.1, -0.05) is 11.6 Å². The second-order valence-corrected chi connectivity index (χ2v) is 3.98. The summed E-state index contributed by atoms with van der Waals surface area (Å²) in [4.78, 5) is 15.3. The average Bonchev–Trinajstić information content (AvgIpc) is 2.71. The Kier molecular flexibility index (Phi) is 2.19. The molecule has 2 N–H and O–H groups in total. The molecule has 0 radical (unpaired) electrons. The van der Waals surface area contributed by atoms with Crippen LogP contribution in [0.3, 0.4) is 0 Å². The number of aromatic hydroxyl groups is 1. The Morgan fingerprint density at radius 1 is 1.24 bits per heavy atom. The van der Waals surface area contributed by atoms with Crippen molar-refractivity contribution in [1.29, 1.82) is 0 Å². The molecule has 0 aliphatic rings. The van der Waals surface area contributed by atoms with Crippen molar-refractivity contribution in [2.75, 3.05) is 0 Å². The van der Waals surface area contributed by atoms with Gasteiger partial charge in [0.05, 0.1) is 6.20 Å². The van der Waals surface area contributed by atoms with Crippen molar-refractivity contribution in [2.24, 2.45) is 0 Å². The van der Waals surface area contributed by atoms with Crippen LogP contribution in [0.5, 0.6) is 5.75 Å². The Morgan fingerprint density at radius 2 is 2.12 bits per heavy atom. The minimum atomic E-state index is 0.0963. The third kappa shape index (κ3) is 1.81. The number of halogens is 1. The van der Waals surface area contributed by atoms with E-state index < -0.39 is 0 Å². The molecule has 0 bridgehead atoms. The largest absolute Gasteiger partial charge is 0.508 e. The summed E-state index contributed by atoms with van der Waals surface area (Å²) in [5, 5.41) is 9.93. The van der Waals surface area contributed by atoms with Crippen LogP contribution in [-0.4, -0.2) is 25.0 Å². The molecule has 0 saturated heterocycles. The quantitative estimate of drug-likeness (QED) is 0.691. The number of hydrogen-bond donors (Lipinski definition) is 2. The first-order chi connectivity index (χ1) is 8.22. The highest BCUT2D eigenvalue weighted by Crippen LogP contribution is 2.26. The van der Waals surface area contributed by atoms with E-state index in [0.717, 1.165) is 5.52 Å². The fraction of sp³-hybridized carbons (Fsp3) is 0. The number of nitrogens with zero attached hydrogens (tertiary/aromatic N) is 3. The van der Waals surface area contributed by atoms with Crippen LogP contribution in [0.2, 0.25) is 5.02 Å². The first-order valence-electron chi connectivity index (χ1n) is 4.88.